The van der Waals surface area contributed by atoms with E-state index in [1.165, 1.54) is 12.1 Å². The van der Waals surface area contributed by atoms with Gasteiger partial charge in [0, 0.05) is 30.6 Å². The molecule has 5 nitrogen and oxygen atoms in total. The highest BCUT2D eigenvalue weighted by atomic mass is 19.1. The molecule has 0 bridgehead atoms. The zero-order chi connectivity index (χ0) is 16.2. The van der Waals surface area contributed by atoms with E-state index in [0.717, 1.165) is 22.3 Å². The molecule has 23 heavy (non-hydrogen) atoms. The van der Waals surface area contributed by atoms with Crippen LogP contribution in [0, 0.1) is 5.82 Å². The molecular weight excluding hydrogens is 295 g/mol. The molecule has 6 heteroatoms. The Labute approximate surface area is 133 Å². The minimum absolute atomic E-state index is 0.244. The first kappa shape index (κ1) is 14.9. The van der Waals surface area contributed by atoms with Crippen molar-refractivity contribution in [3.63, 3.8) is 0 Å². The number of aromatic nitrogens is 3. The van der Waals surface area contributed by atoms with Gasteiger partial charge >= 0.3 is 0 Å². The number of rotatable bonds is 4. The van der Waals surface area contributed by atoms with Gasteiger partial charge in [0.25, 0.3) is 0 Å². The molecule has 0 aliphatic heterocycles. The van der Waals surface area contributed by atoms with Crippen molar-refractivity contribution in [2.45, 2.75) is 6.42 Å². The second-order valence-electron chi connectivity index (χ2n) is 5.03. The number of methoxy groups -OCH3 is 1. The third-order valence-corrected chi connectivity index (χ3v) is 3.39. The summed E-state index contributed by atoms with van der Waals surface area (Å²) in [6.45, 7) is 0. The number of nitrogens with two attached hydrogens (primary N) is 1. The van der Waals surface area contributed by atoms with Crippen LogP contribution in [-0.4, -0.2) is 22.1 Å². The summed E-state index contributed by atoms with van der Waals surface area (Å²) in [4.78, 5) is 12.3. The number of hydrogen-bond donors (Lipinski definition) is 1. The number of nitrogen functional groups attached to an aromatic ring is 1. The van der Waals surface area contributed by atoms with Gasteiger partial charge < -0.3 is 10.5 Å². The molecule has 2 heterocycles. The molecule has 0 fully saturated rings. The lowest BCUT2D eigenvalue weighted by atomic mass is 10.0. The summed E-state index contributed by atoms with van der Waals surface area (Å²) >= 11 is 0. The molecule has 2 N–H and O–H groups in total. The van der Waals surface area contributed by atoms with E-state index in [0.29, 0.717) is 12.3 Å². The van der Waals surface area contributed by atoms with Gasteiger partial charge in [-0.15, -0.1) is 0 Å². The standard InChI is InChI=1S/C17H15FN4O/c1-23-16-15(13-2-4-14(18)5-3-13)7-11(8-20-16)6-12-9-21-17(19)22-10-12/h2-5,7-10H,6H2,1H3,(H2,19,21,22). The Morgan fingerprint density at radius 1 is 1.00 bits per heavy atom. The van der Waals surface area contributed by atoms with Crippen molar-refractivity contribution in [3.8, 4) is 17.0 Å². The Morgan fingerprint density at radius 2 is 1.65 bits per heavy atom. The van der Waals surface area contributed by atoms with Gasteiger partial charge in [-0.2, -0.15) is 0 Å². The fraction of sp³-hybridized carbons (Fsp3) is 0.118. The van der Waals surface area contributed by atoms with Crippen LogP contribution in [0.2, 0.25) is 0 Å². The number of pyridine rings is 1. The molecule has 0 spiro atoms. The average Bonchev–Trinajstić information content (AvgIpc) is 2.58. The van der Waals surface area contributed by atoms with Crippen molar-refractivity contribution in [2.24, 2.45) is 0 Å². The lowest BCUT2D eigenvalue weighted by Crippen LogP contribution is -1.98. The summed E-state index contributed by atoms with van der Waals surface area (Å²) in [6, 6.07) is 8.19. The topological polar surface area (TPSA) is 73.9 Å². The highest BCUT2D eigenvalue weighted by Gasteiger charge is 2.10. The predicted molar refractivity (Wildman–Crippen MR) is 85.4 cm³/mol. The normalized spacial score (nSPS) is 10.5. The van der Waals surface area contributed by atoms with Gasteiger partial charge in [0.2, 0.25) is 11.8 Å². The summed E-state index contributed by atoms with van der Waals surface area (Å²) < 4.78 is 18.4. The van der Waals surface area contributed by atoms with E-state index in [2.05, 4.69) is 15.0 Å². The minimum atomic E-state index is -0.282. The molecule has 0 atom stereocenters. The Balaban J connectivity index is 1.95. The Morgan fingerprint density at radius 3 is 2.30 bits per heavy atom. The summed E-state index contributed by atoms with van der Waals surface area (Å²) in [5, 5.41) is 0. The predicted octanol–water partition coefficient (Wildman–Crippen LogP) is 2.86. The van der Waals surface area contributed by atoms with Crippen molar-refractivity contribution < 1.29 is 9.13 Å². The van der Waals surface area contributed by atoms with Crippen LogP contribution in [-0.2, 0) is 6.42 Å². The van der Waals surface area contributed by atoms with E-state index in [9.17, 15) is 4.39 Å². The average molecular weight is 310 g/mol. The van der Waals surface area contributed by atoms with E-state index in [-0.39, 0.29) is 11.8 Å². The molecule has 0 amide bonds. The van der Waals surface area contributed by atoms with Crippen LogP contribution in [0.25, 0.3) is 11.1 Å². The molecule has 0 radical (unpaired) electrons. The fourth-order valence-electron chi connectivity index (χ4n) is 2.28. The minimum Gasteiger partial charge on any atom is -0.481 e. The third kappa shape index (κ3) is 3.42. The summed E-state index contributed by atoms with van der Waals surface area (Å²) in [7, 11) is 1.56. The Kier molecular flexibility index (Phi) is 4.14. The molecule has 1 aromatic carbocycles. The third-order valence-electron chi connectivity index (χ3n) is 3.39. The number of anilines is 1. The maximum Gasteiger partial charge on any atom is 0.221 e. The van der Waals surface area contributed by atoms with Crippen molar-refractivity contribution in [1.82, 2.24) is 15.0 Å². The van der Waals surface area contributed by atoms with E-state index in [4.69, 9.17) is 10.5 Å². The molecule has 0 saturated carbocycles. The largest absolute Gasteiger partial charge is 0.481 e. The van der Waals surface area contributed by atoms with Gasteiger partial charge in [0.05, 0.1) is 7.11 Å². The number of nitrogens with zero attached hydrogens (tertiary/aromatic N) is 3. The van der Waals surface area contributed by atoms with Gasteiger partial charge in [-0.1, -0.05) is 12.1 Å². The second kappa shape index (κ2) is 6.39. The van der Waals surface area contributed by atoms with Crippen LogP contribution in [0.5, 0.6) is 5.88 Å². The van der Waals surface area contributed by atoms with Crippen LogP contribution in [0.3, 0.4) is 0 Å². The summed E-state index contributed by atoms with van der Waals surface area (Å²) in [5.41, 5.74) is 9.03. The molecule has 0 unspecified atom stereocenters. The van der Waals surface area contributed by atoms with Gasteiger partial charge in [-0.3, -0.25) is 0 Å². The summed E-state index contributed by atoms with van der Waals surface area (Å²) in [6.07, 6.45) is 5.72. The molecule has 0 aliphatic rings. The zero-order valence-corrected chi connectivity index (χ0v) is 12.5. The Bertz CT molecular complexity index is 804. The Hall–Kier alpha value is -3.02. The lowest BCUT2D eigenvalue weighted by molar-refractivity contribution is 0.399. The van der Waals surface area contributed by atoms with E-state index >= 15 is 0 Å². The highest BCUT2D eigenvalue weighted by Crippen LogP contribution is 2.29. The van der Waals surface area contributed by atoms with Crippen molar-refractivity contribution in [3.05, 3.63) is 65.9 Å². The van der Waals surface area contributed by atoms with Gasteiger partial charge in [0.1, 0.15) is 5.82 Å². The van der Waals surface area contributed by atoms with Gasteiger partial charge in [-0.25, -0.2) is 19.3 Å². The number of halogens is 1. The SMILES string of the molecule is COc1ncc(Cc2cnc(N)nc2)cc1-c1ccc(F)cc1. The summed E-state index contributed by atoms with van der Waals surface area (Å²) in [5.74, 6) is 0.457. The molecular formula is C17H15FN4O. The van der Waals surface area contributed by atoms with E-state index < -0.39 is 0 Å². The lowest BCUT2D eigenvalue weighted by Gasteiger charge is -2.10. The first-order chi connectivity index (χ1) is 11.2. The highest BCUT2D eigenvalue weighted by molar-refractivity contribution is 5.69. The molecule has 3 aromatic rings. The molecule has 0 aliphatic carbocycles. The fourth-order valence-corrected chi connectivity index (χ4v) is 2.28. The number of benzene rings is 1. The molecule has 3 rings (SSSR count). The molecule has 0 saturated heterocycles. The van der Waals surface area contributed by atoms with Crippen molar-refractivity contribution in [2.75, 3.05) is 12.8 Å². The van der Waals surface area contributed by atoms with Crippen LogP contribution in [0.15, 0.2) is 48.9 Å². The number of hydrogen-bond acceptors (Lipinski definition) is 5. The van der Waals surface area contributed by atoms with E-state index in [1.54, 1.807) is 37.8 Å². The van der Waals surface area contributed by atoms with E-state index in [1.807, 2.05) is 6.07 Å². The van der Waals surface area contributed by atoms with Crippen LogP contribution < -0.4 is 10.5 Å². The zero-order valence-electron chi connectivity index (χ0n) is 12.5. The molecule has 2 aromatic heterocycles. The van der Waals surface area contributed by atoms with Crippen LogP contribution in [0.1, 0.15) is 11.1 Å². The number of ether oxygens (including phenoxy) is 1. The van der Waals surface area contributed by atoms with Crippen molar-refractivity contribution in [1.29, 1.82) is 0 Å². The first-order valence-electron chi connectivity index (χ1n) is 7.01. The van der Waals surface area contributed by atoms with Crippen LogP contribution in [0.4, 0.5) is 10.3 Å². The quantitative estimate of drug-likeness (QED) is 0.802. The monoisotopic (exact) mass is 310 g/mol. The smallest absolute Gasteiger partial charge is 0.221 e. The van der Waals surface area contributed by atoms with Gasteiger partial charge in [-0.05, 0) is 34.9 Å². The molecule has 116 valence electrons. The van der Waals surface area contributed by atoms with Crippen LogP contribution >= 0.6 is 0 Å². The first-order valence-corrected chi connectivity index (χ1v) is 7.01. The maximum atomic E-state index is 13.1. The van der Waals surface area contributed by atoms with Gasteiger partial charge in [0.15, 0.2) is 0 Å². The second-order valence-corrected chi connectivity index (χ2v) is 5.03. The van der Waals surface area contributed by atoms with Crippen molar-refractivity contribution >= 4 is 5.95 Å². The maximum absolute atomic E-state index is 13.1.